The smallest absolute Gasteiger partial charge is 0.264 e. The lowest BCUT2D eigenvalue weighted by Crippen LogP contribution is -2.38. The number of nitrogens with zero attached hydrogens (tertiary/aromatic N) is 1. The number of hydrogen-bond acceptors (Lipinski definition) is 5. The van der Waals surface area contributed by atoms with Crippen LogP contribution in [0.2, 0.25) is 5.02 Å². The van der Waals surface area contributed by atoms with Gasteiger partial charge < -0.3 is 14.8 Å². The molecule has 1 heterocycles. The number of ether oxygens (including phenoxy) is 2. The summed E-state index contributed by atoms with van der Waals surface area (Å²) >= 11 is 6.25. The molecule has 1 aliphatic heterocycles. The Morgan fingerprint density at radius 1 is 1.00 bits per heavy atom. The summed E-state index contributed by atoms with van der Waals surface area (Å²) in [5.41, 5.74) is 2.48. The van der Waals surface area contributed by atoms with E-state index in [9.17, 15) is 13.2 Å². The second kappa shape index (κ2) is 8.72. The second-order valence-electron chi connectivity index (χ2n) is 7.37. The van der Waals surface area contributed by atoms with Gasteiger partial charge in [-0.25, -0.2) is 8.42 Å². The van der Waals surface area contributed by atoms with Crippen LogP contribution in [0.4, 0.5) is 11.4 Å². The van der Waals surface area contributed by atoms with Crippen molar-refractivity contribution < 1.29 is 22.7 Å². The predicted octanol–water partition coefficient (Wildman–Crippen LogP) is 4.52. The Morgan fingerprint density at radius 2 is 1.72 bits per heavy atom. The highest BCUT2D eigenvalue weighted by Crippen LogP contribution is 2.34. The predicted molar refractivity (Wildman–Crippen MR) is 123 cm³/mol. The number of carbonyl (C=O) groups is 1. The minimum absolute atomic E-state index is 0.0793. The van der Waals surface area contributed by atoms with Crippen LogP contribution in [-0.4, -0.2) is 27.7 Å². The minimum Gasteiger partial charge on any atom is -0.454 e. The molecule has 0 fully saturated rings. The Bertz CT molecular complexity index is 1280. The van der Waals surface area contributed by atoms with E-state index in [1.807, 2.05) is 13.8 Å². The van der Waals surface area contributed by atoms with Gasteiger partial charge in [-0.05, 0) is 55.8 Å². The van der Waals surface area contributed by atoms with Crippen molar-refractivity contribution in [1.29, 1.82) is 0 Å². The largest absolute Gasteiger partial charge is 0.454 e. The van der Waals surface area contributed by atoms with Gasteiger partial charge in [-0.3, -0.25) is 9.10 Å². The lowest BCUT2D eigenvalue weighted by Gasteiger charge is -2.24. The Balaban J connectivity index is 1.65. The highest BCUT2D eigenvalue weighted by molar-refractivity contribution is 7.92. The summed E-state index contributed by atoms with van der Waals surface area (Å²) in [5, 5.41) is 3.12. The zero-order valence-corrected chi connectivity index (χ0v) is 19.0. The van der Waals surface area contributed by atoms with Crippen LogP contribution < -0.4 is 19.1 Å². The van der Waals surface area contributed by atoms with Gasteiger partial charge in [0.2, 0.25) is 12.7 Å². The molecular formula is C23H21ClN2O5S. The molecule has 1 aliphatic rings. The van der Waals surface area contributed by atoms with E-state index >= 15 is 0 Å². The fourth-order valence-corrected chi connectivity index (χ4v) is 4.78. The molecule has 0 saturated carbocycles. The summed E-state index contributed by atoms with van der Waals surface area (Å²) in [5.74, 6) is 0.578. The number of anilines is 2. The normalized spacial score (nSPS) is 12.5. The molecule has 0 aromatic heterocycles. The summed E-state index contributed by atoms with van der Waals surface area (Å²) < 4.78 is 38.5. The van der Waals surface area contributed by atoms with Crippen LogP contribution in [0.5, 0.6) is 11.5 Å². The second-order valence-corrected chi connectivity index (χ2v) is 9.64. The van der Waals surface area contributed by atoms with E-state index in [1.54, 1.807) is 42.5 Å². The SMILES string of the molecule is Cc1ccc(S(=O)(=O)N(CC(=O)Nc2ccc3c(c2)OCO3)c2ccc(C)c(Cl)c2)cc1. The Labute approximate surface area is 191 Å². The zero-order valence-electron chi connectivity index (χ0n) is 17.5. The van der Waals surface area contributed by atoms with Gasteiger partial charge in [0.05, 0.1) is 10.6 Å². The number of benzene rings is 3. The van der Waals surface area contributed by atoms with E-state index < -0.39 is 22.5 Å². The van der Waals surface area contributed by atoms with Gasteiger partial charge in [0.1, 0.15) is 6.54 Å². The number of rotatable bonds is 6. The number of sulfonamides is 1. The summed E-state index contributed by atoms with van der Waals surface area (Å²) in [6, 6.07) is 16.3. The molecule has 1 N–H and O–H groups in total. The molecule has 0 bridgehead atoms. The van der Waals surface area contributed by atoms with Crippen molar-refractivity contribution in [3.8, 4) is 11.5 Å². The molecule has 0 unspecified atom stereocenters. The lowest BCUT2D eigenvalue weighted by atomic mass is 10.2. The fourth-order valence-electron chi connectivity index (χ4n) is 3.19. The maximum Gasteiger partial charge on any atom is 0.264 e. The van der Waals surface area contributed by atoms with Crippen LogP contribution >= 0.6 is 11.6 Å². The van der Waals surface area contributed by atoms with Gasteiger partial charge in [0, 0.05) is 16.8 Å². The molecule has 32 heavy (non-hydrogen) atoms. The number of aryl methyl sites for hydroxylation is 2. The zero-order chi connectivity index (χ0) is 22.9. The van der Waals surface area contributed by atoms with Crippen LogP contribution in [0.1, 0.15) is 11.1 Å². The fraction of sp³-hybridized carbons (Fsp3) is 0.174. The number of fused-ring (bicyclic) bond motifs is 1. The third-order valence-electron chi connectivity index (χ3n) is 5.00. The first-order chi connectivity index (χ1) is 15.2. The van der Waals surface area contributed by atoms with Crippen LogP contribution in [0.15, 0.2) is 65.6 Å². The standard InChI is InChI=1S/C23H21ClN2O5S/c1-15-3-8-19(9-4-15)32(28,29)26(18-7-5-16(2)20(24)12-18)13-23(27)25-17-6-10-21-22(11-17)31-14-30-21/h3-12H,13-14H2,1-2H3,(H,25,27). The van der Waals surface area contributed by atoms with Gasteiger partial charge >= 0.3 is 0 Å². The lowest BCUT2D eigenvalue weighted by molar-refractivity contribution is -0.114. The molecule has 0 radical (unpaired) electrons. The molecule has 1 amide bonds. The van der Waals surface area contributed by atoms with Crippen LogP contribution in [0, 0.1) is 13.8 Å². The van der Waals surface area contributed by atoms with Crippen molar-refractivity contribution in [3.05, 3.63) is 76.8 Å². The van der Waals surface area contributed by atoms with E-state index in [0.29, 0.717) is 27.9 Å². The first-order valence-corrected chi connectivity index (χ1v) is 11.6. The van der Waals surface area contributed by atoms with E-state index in [1.165, 1.54) is 18.2 Å². The maximum atomic E-state index is 13.4. The van der Waals surface area contributed by atoms with E-state index in [4.69, 9.17) is 21.1 Å². The number of halogens is 1. The molecule has 9 heteroatoms. The number of hydrogen-bond donors (Lipinski definition) is 1. The summed E-state index contributed by atoms with van der Waals surface area (Å²) in [6.45, 7) is 3.36. The average molecular weight is 473 g/mol. The number of nitrogens with one attached hydrogen (secondary N) is 1. The number of carbonyl (C=O) groups excluding carboxylic acids is 1. The molecule has 3 aromatic carbocycles. The molecule has 7 nitrogen and oxygen atoms in total. The molecule has 0 saturated heterocycles. The Hall–Kier alpha value is -3.23. The van der Waals surface area contributed by atoms with Crippen molar-refractivity contribution in [1.82, 2.24) is 0 Å². The Morgan fingerprint density at radius 3 is 2.44 bits per heavy atom. The topological polar surface area (TPSA) is 84.9 Å². The van der Waals surface area contributed by atoms with Crippen molar-refractivity contribution in [2.75, 3.05) is 23.0 Å². The first-order valence-electron chi connectivity index (χ1n) is 9.79. The quantitative estimate of drug-likeness (QED) is 0.570. The molecule has 0 spiro atoms. The summed E-state index contributed by atoms with van der Waals surface area (Å²) in [4.78, 5) is 12.9. The van der Waals surface area contributed by atoms with Gasteiger partial charge in [-0.1, -0.05) is 35.4 Å². The molecular weight excluding hydrogens is 452 g/mol. The van der Waals surface area contributed by atoms with Crippen molar-refractivity contribution in [2.45, 2.75) is 18.7 Å². The van der Waals surface area contributed by atoms with Crippen molar-refractivity contribution >= 4 is 38.9 Å². The summed E-state index contributed by atoms with van der Waals surface area (Å²) in [6.07, 6.45) is 0. The van der Waals surface area contributed by atoms with Crippen molar-refractivity contribution in [2.24, 2.45) is 0 Å². The van der Waals surface area contributed by atoms with Gasteiger partial charge in [-0.2, -0.15) is 0 Å². The maximum absolute atomic E-state index is 13.4. The highest BCUT2D eigenvalue weighted by atomic mass is 35.5. The van der Waals surface area contributed by atoms with Crippen LogP contribution in [0.25, 0.3) is 0 Å². The van der Waals surface area contributed by atoms with E-state index in [-0.39, 0.29) is 11.7 Å². The molecule has 166 valence electrons. The van der Waals surface area contributed by atoms with Gasteiger partial charge in [0.15, 0.2) is 11.5 Å². The summed E-state index contributed by atoms with van der Waals surface area (Å²) in [7, 11) is -4.03. The third-order valence-corrected chi connectivity index (χ3v) is 7.19. The molecule has 0 aliphatic carbocycles. The van der Waals surface area contributed by atoms with E-state index in [2.05, 4.69) is 5.32 Å². The highest BCUT2D eigenvalue weighted by Gasteiger charge is 2.28. The molecule has 4 rings (SSSR count). The first kappa shape index (κ1) is 22.0. The minimum atomic E-state index is -4.03. The number of amides is 1. The monoisotopic (exact) mass is 472 g/mol. The molecule has 3 aromatic rings. The van der Waals surface area contributed by atoms with Gasteiger partial charge in [0.25, 0.3) is 10.0 Å². The van der Waals surface area contributed by atoms with Crippen molar-refractivity contribution in [3.63, 3.8) is 0 Å². The van der Waals surface area contributed by atoms with Crippen LogP contribution in [-0.2, 0) is 14.8 Å². The van der Waals surface area contributed by atoms with Crippen LogP contribution in [0.3, 0.4) is 0 Å². The average Bonchev–Trinajstić information content (AvgIpc) is 3.22. The Kier molecular flexibility index (Phi) is 5.99. The third kappa shape index (κ3) is 4.51. The molecule has 0 atom stereocenters. The van der Waals surface area contributed by atoms with E-state index in [0.717, 1.165) is 15.4 Å². The van der Waals surface area contributed by atoms with Gasteiger partial charge in [-0.15, -0.1) is 0 Å².